The maximum atomic E-state index is 5.57. The second-order valence-corrected chi connectivity index (χ2v) is 3.54. The summed E-state index contributed by atoms with van der Waals surface area (Å²) in [5.74, 6) is 0.716. The van der Waals surface area contributed by atoms with Crippen molar-refractivity contribution in [3.05, 3.63) is 23.3 Å². The molecule has 1 aromatic carbocycles. The molecule has 0 heterocycles. The highest BCUT2D eigenvalue weighted by molar-refractivity contribution is 5.93. The van der Waals surface area contributed by atoms with Crippen LogP contribution in [0.4, 0.5) is 5.69 Å². The van der Waals surface area contributed by atoms with Crippen molar-refractivity contribution in [3.63, 3.8) is 0 Å². The quantitative estimate of drug-likeness (QED) is 0.512. The Labute approximate surface area is 100 Å². The third-order valence-corrected chi connectivity index (χ3v) is 2.41. The topological polar surface area (TPSA) is 112 Å². The summed E-state index contributed by atoms with van der Waals surface area (Å²) in [4.78, 5) is 7.78. The Bertz CT molecular complexity index is 475. The molecule has 0 saturated carbocycles. The van der Waals surface area contributed by atoms with Crippen LogP contribution < -0.4 is 21.9 Å². The number of methoxy groups -OCH3 is 1. The van der Waals surface area contributed by atoms with Gasteiger partial charge in [-0.15, -0.1) is 0 Å². The molecule has 0 atom stereocenters. The van der Waals surface area contributed by atoms with Crippen LogP contribution in [0, 0.1) is 13.8 Å². The van der Waals surface area contributed by atoms with Crippen LogP contribution in [0.5, 0.6) is 5.75 Å². The second-order valence-electron chi connectivity index (χ2n) is 3.54. The van der Waals surface area contributed by atoms with Crippen molar-refractivity contribution < 1.29 is 4.74 Å². The van der Waals surface area contributed by atoms with Crippen molar-refractivity contribution in [1.29, 1.82) is 0 Å². The van der Waals surface area contributed by atoms with Gasteiger partial charge >= 0.3 is 0 Å². The molecule has 0 aliphatic rings. The van der Waals surface area contributed by atoms with E-state index in [-0.39, 0.29) is 11.9 Å². The van der Waals surface area contributed by atoms with Crippen LogP contribution in [0.3, 0.4) is 0 Å². The third kappa shape index (κ3) is 3.10. The van der Waals surface area contributed by atoms with E-state index in [4.69, 9.17) is 21.9 Å². The smallest absolute Gasteiger partial charge is 0.223 e. The Morgan fingerprint density at radius 2 is 1.76 bits per heavy atom. The van der Waals surface area contributed by atoms with Gasteiger partial charge in [-0.25, -0.2) is 4.99 Å². The third-order valence-electron chi connectivity index (χ3n) is 2.41. The summed E-state index contributed by atoms with van der Waals surface area (Å²) in [6.07, 6.45) is 0. The van der Waals surface area contributed by atoms with Gasteiger partial charge < -0.3 is 21.9 Å². The van der Waals surface area contributed by atoms with Crippen LogP contribution in [0.1, 0.15) is 11.1 Å². The molecule has 0 bridgehead atoms. The lowest BCUT2D eigenvalue weighted by Gasteiger charge is -2.09. The average Bonchev–Trinajstić information content (AvgIpc) is 2.24. The van der Waals surface area contributed by atoms with Gasteiger partial charge in [-0.2, -0.15) is 4.99 Å². The van der Waals surface area contributed by atoms with Crippen LogP contribution in [0.2, 0.25) is 0 Å². The van der Waals surface area contributed by atoms with E-state index in [0.717, 1.165) is 16.9 Å². The molecule has 6 nitrogen and oxygen atoms in total. The molecule has 0 unspecified atom stereocenters. The summed E-state index contributed by atoms with van der Waals surface area (Å²) in [7, 11) is 1.62. The van der Waals surface area contributed by atoms with Crippen LogP contribution in [0.15, 0.2) is 22.1 Å². The van der Waals surface area contributed by atoms with Crippen molar-refractivity contribution >= 4 is 17.6 Å². The molecule has 0 aliphatic heterocycles. The number of rotatable bonds is 2. The number of ether oxygens (including phenoxy) is 1. The van der Waals surface area contributed by atoms with Crippen molar-refractivity contribution in [1.82, 2.24) is 0 Å². The first-order valence-corrected chi connectivity index (χ1v) is 5.03. The van der Waals surface area contributed by atoms with E-state index in [1.54, 1.807) is 13.2 Å². The van der Waals surface area contributed by atoms with Gasteiger partial charge in [0.2, 0.25) is 5.96 Å². The first-order valence-electron chi connectivity index (χ1n) is 5.03. The molecule has 0 aliphatic carbocycles. The molecule has 0 spiro atoms. The molecule has 0 aromatic heterocycles. The molecular formula is C11H17N5O. The van der Waals surface area contributed by atoms with E-state index in [9.17, 15) is 0 Å². The number of nitrogens with zero attached hydrogens (tertiary/aromatic N) is 2. The predicted octanol–water partition coefficient (Wildman–Crippen LogP) is 0.532. The summed E-state index contributed by atoms with van der Waals surface area (Å²) in [5, 5.41) is 0. The highest BCUT2D eigenvalue weighted by Gasteiger charge is 2.06. The van der Waals surface area contributed by atoms with E-state index in [0.29, 0.717) is 5.69 Å². The fraction of sp³-hybridized carbons (Fsp3) is 0.273. The number of hydrogen-bond acceptors (Lipinski definition) is 2. The minimum atomic E-state index is -0.117. The van der Waals surface area contributed by atoms with Gasteiger partial charge in [-0.05, 0) is 37.1 Å². The number of benzene rings is 1. The maximum Gasteiger partial charge on any atom is 0.223 e. The molecule has 1 aromatic rings. The van der Waals surface area contributed by atoms with Crippen LogP contribution in [0.25, 0.3) is 0 Å². The van der Waals surface area contributed by atoms with Crippen molar-refractivity contribution in [2.24, 2.45) is 27.2 Å². The lowest BCUT2D eigenvalue weighted by Crippen LogP contribution is -2.26. The molecule has 6 heteroatoms. The fourth-order valence-electron chi connectivity index (χ4n) is 1.40. The number of guanidine groups is 2. The van der Waals surface area contributed by atoms with Crippen LogP contribution in [-0.2, 0) is 0 Å². The van der Waals surface area contributed by atoms with Crippen molar-refractivity contribution in [2.75, 3.05) is 7.11 Å². The molecule has 0 fully saturated rings. The van der Waals surface area contributed by atoms with Gasteiger partial charge in [0.1, 0.15) is 5.75 Å². The summed E-state index contributed by atoms with van der Waals surface area (Å²) in [6.45, 7) is 3.88. The first-order chi connectivity index (χ1) is 7.95. The van der Waals surface area contributed by atoms with Gasteiger partial charge in [0.15, 0.2) is 5.96 Å². The maximum absolute atomic E-state index is 5.57. The highest BCUT2D eigenvalue weighted by Crippen LogP contribution is 2.28. The zero-order valence-corrected chi connectivity index (χ0v) is 10.2. The van der Waals surface area contributed by atoms with Crippen LogP contribution >= 0.6 is 0 Å². The lowest BCUT2D eigenvalue weighted by molar-refractivity contribution is 0.411. The highest BCUT2D eigenvalue weighted by atomic mass is 16.5. The summed E-state index contributed by atoms with van der Waals surface area (Å²) < 4.78 is 5.20. The molecule has 92 valence electrons. The zero-order valence-electron chi connectivity index (χ0n) is 10.2. The van der Waals surface area contributed by atoms with Gasteiger partial charge in [-0.3, -0.25) is 0 Å². The number of hydrogen-bond donors (Lipinski definition) is 3. The predicted molar refractivity (Wildman–Crippen MR) is 69.6 cm³/mol. The molecule has 0 amide bonds. The van der Waals surface area contributed by atoms with E-state index >= 15 is 0 Å². The Morgan fingerprint density at radius 1 is 1.12 bits per heavy atom. The van der Waals surface area contributed by atoms with Gasteiger partial charge in [-0.1, -0.05) is 0 Å². The normalized spacial score (nSPS) is 11.1. The SMILES string of the molecule is COc1ccc(N=C(N)N=C(N)N)c(C)c1C. The van der Waals surface area contributed by atoms with Crippen LogP contribution in [-0.4, -0.2) is 19.0 Å². The molecule has 0 radical (unpaired) electrons. The van der Waals surface area contributed by atoms with Crippen molar-refractivity contribution in [2.45, 2.75) is 13.8 Å². The number of nitrogens with two attached hydrogens (primary N) is 3. The van der Waals surface area contributed by atoms with E-state index in [2.05, 4.69) is 9.98 Å². The second kappa shape index (κ2) is 5.20. The largest absolute Gasteiger partial charge is 0.496 e. The molecular weight excluding hydrogens is 218 g/mol. The van der Waals surface area contributed by atoms with E-state index in [1.807, 2.05) is 19.9 Å². The number of aliphatic imine (C=N–C) groups is 2. The van der Waals surface area contributed by atoms with E-state index in [1.165, 1.54) is 0 Å². The molecule has 17 heavy (non-hydrogen) atoms. The Hall–Kier alpha value is -2.24. The molecule has 1 rings (SSSR count). The minimum absolute atomic E-state index is 0.0256. The Kier molecular flexibility index (Phi) is 3.92. The monoisotopic (exact) mass is 235 g/mol. The van der Waals surface area contributed by atoms with Gasteiger partial charge in [0.25, 0.3) is 0 Å². The van der Waals surface area contributed by atoms with Crippen molar-refractivity contribution in [3.8, 4) is 5.75 Å². The summed E-state index contributed by atoms with van der Waals surface area (Å²) in [6, 6.07) is 3.63. The molecule has 6 N–H and O–H groups in total. The first kappa shape index (κ1) is 12.8. The lowest BCUT2D eigenvalue weighted by atomic mass is 10.1. The Morgan fingerprint density at radius 3 is 2.29 bits per heavy atom. The summed E-state index contributed by atoms with van der Waals surface area (Å²) >= 11 is 0. The minimum Gasteiger partial charge on any atom is -0.496 e. The zero-order chi connectivity index (χ0) is 13.0. The summed E-state index contributed by atoms with van der Waals surface area (Å²) in [5.41, 5.74) is 18.7. The average molecular weight is 235 g/mol. The standard InChI is InChI=1S/C11H17N5O/c1-6-7(2)9(17-3)5-4-8(6)15-11(14)16-10(12)13/h4-5H,1-3H3,(H6,12,13,14,15,16). The fourth-order valence-corrected chi connectivity index (χ4v) is 1.40. The van der Waals surface area contributed by atoms with Gasteiger partial charge in [0.05, 0.1) is 12.8 Å². The Balaban J connectivity index is 3.17. The van der Waals surface area contributed by atoms with E-state index < -0.39 is 0 Å². The molecule has 0 saturated heterocycles. The van der Waals surface area contributed by atoms with Gasteiger partial charge in [0, 0.05) is 0 Å².